The molecule has 1 atom stereocenters. The SMILES string of the molecule is COc1ccc(C2(C)NC(=O)N(CC(=O)N3CCCCCC3)C2=O)cc1C. The first-order chi connectivity index (χ1) is 12.9. The fourth-order valence-electron chi connectivity index (χ4n) is 3.78. The number of amides is 4. The number of nitrogens with zero attached hydrogens (tertiary/aromatic N) is 2. The summed E-state index contributed by atoms with van der Waals surface area (Å²) in [6.45, 7) is 4.72. The average Bonchev–Trinajstić information content (AvgIpc) is 2.85. The van der Waals surface area contributed by atoms with Crippen LogP contribution >= 0.6 is 0 Å². The minimum absolute atomic E-state index is 0.171. The van der Waals surface area contributed by atoms with Crippen LogP contribution < -0.4 is 10.1 Å². The number of carbonyl (C=O) groups is 3. The second-order valence-electron chi connectivity index (χ2n) is 7.43. The standard InChI is InChI=1S/C20H27N3O4/c1-14-12-15(8-9-16(14)27-3)20(2)18(25)23(19(26)21-20)13-17(24)22-10-6-4-5-7-11-22/h8-9,12H,4-7,10-11,13H2,1-3H3,(H,21,26). The lowest BCUT2D eigenvalue weighted by Crippen LogP contribution is -2.44. The normalized spacial score (nSPS) is 23.2. The molecule has 2 aliphatic rings. The molecule has 0 saturated carbocycles. The molecule has 1 unspecified atom stereocenters. The van der Waals surface area contributed by atoms with E-state index >= 15 is 0 Å². The molecule has 3 rings (SSSR count). The Labute approximate surface area is 159 Å². The summed E-state index contributed by atoms with van der Waals surface area (Å²) >= 11 is 0. The number of urea groups is 1. The minimum atomic E-state index is -1.19. The molecular formula is C20H27N3O4. The molecule has 2 fully saturated rings. The molecule has 7 nitrogen and oxygen atoms in total. The van der Waals surface area contributed by atoms with Crippen LogP contribution in [0.5, 0.6) is 5.75 Å². The summed E-state index contributed by atoms with van der Waals surface area (Å²) in [4.78, 5) is 40.9. The Morgan fingerprint density at radius 2 is 1.85 bits per heavy atom. The van der Waals surface area contributed by atoms with Crippen LogP contribution in [0.1, 0.15) is 43.7 Å². The van der Waals surface area contributed by atoms with Gasteiger partial charge in [0.25, 0.3) is 5.91 Å². The summed E-state index contributed by atoms with van der Waals surface area (Å²) in [5.74, 6) is 0.142. The van der Waals surface area contributed by atoms with Gasteiger partial charge in [0, 0.05) is 13.1 Å². The van der Waals surface area contributed by atoms with Gasteiger partial charge in [-0.3, -0.25) is 14.5 Å². The second-order valence-corrected chi connectivity index (χ2v) is 7.43. The van der Waals surface area contributed by atoms with Crippen molar-refractivity contribution in [2.24, 2.45) is 0 Å². The molecule has 4 amide bonds. The Kier molecular flexibility index (Phi) is 5.39. The Morgan fingerprint density at radius 3 is 2.44 bits per heavy atom. The lowest BCUT2D eigenvalue weighted by atomic mass is 9.90. The summed E-state index contributed by atoms with van der Waals surface area (Å²) in [6.07, 6.45) is 4.16. The van der Waals surface area contributed by atoms with Gasteiger partial charge in [-0.05, 0) is 49.9 Å². The first-order valence-corrected chi connectivity index (χ1v) is 9.44. The zero-order valence-electron chi connectivity index (χ0n) is 16.2. The number of rotatable bonds is 4. The molecule has 1 N–H and O–H groups in total. The van der Waals surface area contributed by atoms with Gasteiger partial charge in [-0.15, -0.1) is 0 Å². The molecule has 7 heteroatoms. The van der Waals surface area contributed by atoms with E-state index in [1.807, 2.05) is 13.0 Å². The van der Waals surface area contributed by atoms with E-state index in [-0.39, 0.29) is 12.5 Å². The smallest absolute Gasteiger partial charge is 0.325 e. The molecule has 27 heavy (non-hydrogen) atoms. The summed E-state index contributed by atoms with van der Waals surface area (Å²) in [6, 6.07) is 4.85. The maximum atomic E-state index is 13.0. The average molecular weight is 373 g/mol. The van der Waals surface area contributed by atoms with E-state index in [1.54, 1.807) is 31.1 Å². The van der Waals surface area contributed by atoms with Gasteiger partial charge in [0.15, 0.2) is 0 Å². The van der Waals surface area contributed by atoms with Gasteiger partial charge in [0.05, 0.1) is 7.11 Å². The summed E-state index contributed by atoms with van der Waals surface area (Å²) in [5, 5.41) is 2.76. The lowest BCUT2D eigenvalue weighted by Gasteiger charge is -2.25. The van der Waals surface area contributed by atoms with Crippen molar-refractivity contribution in [1.82, 2.24) is 15.1 Å². The van der Waals surface area contributed by atoms with Crippen LogP contribution in [0, 0.1) is 6.92 Å². The molecule has 1 aromatic carbocycles. The number of carbonyl (C=O) groups excluding carboxylic acids is 3. The number of methoxy groups -OCH3 is 1. The van der Waals surface area contributed by atoms with Crippen LogP contribution in [0.4, 0.5) is 4.79 Å². The van der Waals surface area contributed by atoms with Crippen molar-refractivity contribution in [3.05, 3.63) is 29.3 Å². The van der Waals surface area contributed by atoms with Gasteiger partial charge >= 0.3 is 6.03 Å². The Bertz CT molecular complexity index is 756. The van der Waals surface area contributed by atoms with Gasteiger partial charge in [0.2, 0.25) is 5.91 Å². The monoisotopic (exact) mass is 373 g/mol. The number of imide groups is 1. The summed E-state index contributed by atoms with van der Waals surface area (Å²) in [7, 11) is 1.59. The number of hydrogen-bond donors (Lipinski definition) is 1. The van der Waals surface area contributed by atoms with Crippen molar-refractivity contribution < 1.29 is 19.1 Å². The molecule has 0 aromatic heterocycles. The number of nitrogens with one attached hydrogen (secondary N) is 1. The zero-order valence-corrected chi connectivity index (χ0v) is 16.2. The van der Waals surface area contributed by atoms with Crippen molar-refractivity contribution in [2.45, 2.75) is 45.1 Å². The molecule has 0 bridgehead atoms. The van der Waals surface area contributed by atoms with E-state index in [1.165, 1.54) is 0 Å². The van der Waals surface area contributed by atoms with Crippen LogP contribution in [0.25, 0.3) is 0 Å². The van der Waals surface area contributed by atoms with Crippen LogP contribution in [-0.2, 0) is 15.1 Å². The van der Waals surface area contributed by atoms with Gasteiger partial charge in [-0.1, -0.05) is 18.9 Å². The van der Waals surface area contributed by atoms with Crippen LogP contribution in [0.15, 0.2) is 18.2 Å². The fraction of sp³-hybridized carbons (Fsp3) is 0.550. The Hall–Kier alpha value is -2.57. The highest BCUT2D eigenvalue weighted by molar-refractivity contribution is 6.09. The maximum absolute atomic E-state index is 13.0. The third-order valence-electron chi connectivity index (χ3n) is 5.50. The molecule has 0 radical (unpaired) electrons. The molecule has 146 valence electrons. The summed E-state index contributed by atoms with van der Waals surface area (Å²) in [5.41, 5.74) is 0.355. The highest BCUT2D eigenvalue weighted by Crippen LogP contribution is 2.31. The minimum Gasteiger partial charge on any atom is -0.496 e. The highest BCUT2D eigenvalue weighted by atomic mass is 16.5. The number of aryl methyl sites for hydroxylation is 1. The van der Waals surface area contributed by atoms with E-state index in [4.69, 9.17) is 4.74 Å². The highest BCUT2D eigenvalue weighted by Gasteiger charge is 2.49. The van der Waals surface area contributed by atoms with E-state index in [0.717, 1.165) is 36.1 Å². The number of ether oxygens (including phenoxy) is 1. The van der Waals surface area contributed by atoms with Gasteiger partial charge in [-0.2, -0.15) is 0 Å². The Balaban J connectivity index is 1.77. The van der Waals surface area contributed by atoms with Crippen LogP contribution in [-0.4, -0.2) is 54.4 Å². The van der Waals surface area contributed by atoms with Crippen molar-refractivity contribution in [2.75, 3.05) is 26.7 Å². The van der Waals surface area contributed by atoms with E-state index in [2.05, 4.69) is 5.32 Å². The third-order valence-corrected chi connectivity index (χ3v) is 5.50. The molecule has 2 saturated heterocycles. The lowest BCUT2D eigenvalue weighted by molar-refractivity contribution is -0.138. The third kappa shape index (κ3) is 3.63. The topological polar surface area (TPSA) is 79.0 Å². The first kappa shape index (κ1) is 19.2. The van der Waals surface area contributed by atoms with E-state index in [9.17, 15) is 14.4 Å². The molecule has 2 aliphatic heterocycles. The largest absolute Gasteiger partial charge is 0.496 e. The van der Waals surface area contributed by atoms with Crippen molar-refractivity contribution >= 4 is 17.8 Å². The van der Waals surface area contributed by atoms with E-state index < -0.39 is 17.5 Å². The summed E-state index contributed by atoms with van der Waals surface area (Å²) < 4.78 is 5.26. The molecule has 2 heterocycles. The van der Waals surface area contributed by atoms with Crippen molar-refractivity contribution in [1.29, 1.82) is 0 Å². The number of hydrogen-bond acceptors (Lipinski definition) is 4. The van der Waals surface area contributed by atoms with Gasteiger partial charge in [0.1, 0.15) is 17.8 Å². The fourth-order valence-corrected chi connectivity index (χ4v) is 3.78. The Morgan fingerprint density at radius 1 is 1.19 bits per heavy atom. The molecular weight excluding hydrogens is 346 g/mol. The molecule has 0 aliphatic carbocycles. The number of benzene rings is 1. The van der Waals surface area contributed by atoms with Crippen molar-refractivity contribution in [3.8, 4) is 5.75 Å². The van der Waals surface area contributed by atoms with Crippen molar-refractivity contribution in [3.63, 3.8) is 0 Å². The molecule has 1 aromatic rings. The van der Waals surface area contributed by atoms with Crippen LogP contribution in [0.3, 0.4) is 0 Å². The maximum Gasteiger partial charge on any atom is 0.325 e. The van der Waals surface area contributed by atoms with Gasteiger partial charge in [-0.25, -0.2) is 4.79 Å². The number of likely N-dealkylation sites (tertiary alicyclic amines) is 1. The zero-order chi connectivity index (χ0) is 19.6. The first-order valence-electron chi connectivity index (χ1n) is 9.44. The van der Waals surface area contributed by atoms with E-state index in [0.29, 0.717) is 24.4 Å². The van der Waals surface area contributed by atoms with Crippen LogP contribution in [0.2, 0.25) is 0 Å². The van der Waals surface area contributed by atoms with Gasteiger partial charge < -0.3 is 15.0 Å². The predicted molar refractivity (Wildman–Crippen MR) is 100 cm³/mol. The second kappa shape index (κ2) is 7.58. The molecule has 0 spiro atoms. The predicted octanol–water partition coefficient (Wildman–Crippen LogP) is 2.17. The quantitative estimate of drug-likeness (QED) is 0.821.